The largest absolute Gasteiger partial charge is 0.507 e. The van der Waals surface area contributed by atoms with Crippen LogP contribution in [0.2, 0.25) is 0 Å². The third-order valence-electron chi connectivity index (χ3n) is 9.68. The van der Waals surface area contributed by atoms with E-state index in [9.17, 15) is 10.2 Å². The molecule has 4 heteroatoms. The molecule has 4 nitrogen and oxygen atoms in total. The van der Waals surface area contributed by atoms with Crippen molar-refractivity contribution in [1.29, 1.82) is 0 Å². The van der Waals surface area contributed by atoms with Gasteiger partial charge >= 0.3 is 0 Å². The molecule has 1 saturated carbocycles. The van der Waals surface area contributed by atoms with Crippen LogP contribution < -0.4 is 0 Å². The lowest BCUT2D eigenvalue weighted by molar-refractivity contribution is 0.390. The van der Waals surface area contributed by atoms with Gasteiger partial charge in [0.05, 0.1) is 12.1 Å². The van der Waals surface area contributed by atoms with Crippen LogP contribution in [0.1, 0.15) is 126 Å². The molecule has 0 spiro atoms. The van der Waals surface area contributed by atoms with E-state index in [-0.39, 0.29) is 22.9 Å². The molecule has 2 unspecified atom stereocenters. The molecule has 38 heavy (non-hydrogen) atoms. The number of nitrogens with zero attached hydrogens (tertiary/aromatic N) is 2. The lowest BCUT2D eigenvalue weighted by Gasteiger charge is -2.29. The van der Waals surface area contributed by atoms with E-state index in [2.05, 4.69) is 65.8 Å². The third kappa shape index (κ3) is 6.33. The zero-order chi connectivity index (χ0) is 28.1. The van der Waals surface area contributed by atoms with Gasteiger partial charge in [0.25, 0.3) is 0 Å². The highest BCUT2D eigenvalue weighted by atomic mass is 16.3. The number of phenols is 2. The summed E-state index contributed by atoms with van der Waals surface area (Å²) in [5.74, 6) is 0.630. The molecule has 3 rings (SSSR count). The molecule has 1 fully saturated rings. The van der Waals surface area contributed by atoms with Crippen molar-refractivity contribution in [3.63, 3.8) is 0 Å². The highest BCUT2D eigenvalue weighted by molar-refractivity contribution is 5.86. The average Bonchev–Trinajstić information content (AvgIpc) is 2.93. The van der Waals surface area contributed by atoms with Gasteiger partial charge in [0.15, 0.2) is 0 Å². The van der Waals surface area contributed by atoms with E-state index in [4.69, 9.17) is 9.98 Å². The molecule has 208 valence electrons. The maximum absolute atomic E-state index is 10.8. The molecular formula is C34H50N2O2. The van der Waals surface area contributed by atoms with E-state index >= 15 is 0 Å². The minimum atomic E-state index is 0.0649. The first-order valence-corrected chi connectivity index (χ1v) is 14.8. The van der Waals surface area contributed by atoms with Crippen LogP contribution in [0.5, 0.6) is 11.5 Å². The second kappa shape index (κ2) is 12.5. The molecule has 0 saturated heterocycles. The number of phenolic OH excluding ortho intramolecular Hbond substituents is 2. The summed E-state index contributed by atoms with van der Waals surface area (Å²) in [5, 5.41) is 21.6. The van der Waals surface area contributed by atoms with Gasteiger partial charge in [-0.2, -0.15) is 0 Å². The Kier molecular flexibility index (Phi) is 9.84. The zero-order valence-corrected chi connectivity index (χ0v) is 25.1. The molecule has 1 aliphatic carbocycles. The van der Waals surface area contributed by atoms with Crippen molar-refractivity contribution in [2.75, 3.05) is 0 Å². The zero-order valence-electron chi connectivity index (χ0n) is 25.1. The van der Waals surface area contributed by atoms with Crippen LogP contribution in [0.15, 0.2) is 34.3 Å². The van der Waals surface area contributed by atoms with Crippen molar-refractivity contribution < 1.29 is 10.2 Å². The van der Waals surface area contributed by atoms with E-state index in [1.807, 2.05) is 26.3 Å². The molecule has 0 aliphatic heterocycles. The number of hydrogen-bond donors (Lipinski definition) is 2. The lowest BCUT2D eigenvalue weighted by Crippen LogP contribution is -2.27. The standard InChI is InChI=1S/C34H50N2O2/c1-9-33(7,10-2)27-17-23(5)31(37)25(19-27)21-35-29-15-13-14-16-30(29)36-22-26-20-28(18-24(6)32(26)38)34(8,11-3)12-4/h17-22,29-30,37-38H,9-16H2,1-8H3. The van der Waals surface area contributed by atoms with Gasteiger partial charge in [-0.15, -0.1) is 0 Å². The Morgan fingerprint density at radius 3 is 1.34 bits per heavy atom. The number of hydrogen-bond acceptors (Lipinski definition) is 4. The predicted molar refractivity (Wildman–Crippen MR) is 163 cm³/mol. The summed E-state index contributed by atoms with van der Waals surface area (Å²) in [6.45, 7) is 17.4. The summed E-state index contributed by atoms with van der Waals surface area (Å²) in [5.41, 5.74) is 6.06. The monoisotopic (exact) mass is 518 g/mol. The van der Waals surface area contributed by atoms with E-state index in [1.165, 1.54) is 11.1 Å². The fourth-order valence-corrected chi connectivity index (χ4v) is 5.62. The van der Waals surface area contributed by atoms with Crippen LogP contribution in [0.4, 0.5) is 0 Å². The number of rotatable bonds is 10. The van der Waals surface area contributed by atoms with Crippen LogP contribution in [0.3, 0.4) is 0 Å². The van der Waals surface area contributed by atoms with E-state index in [1.54, 1.807) is 0 Å². The van der Waals surface area contributed by atoms with Gasteiger partial charge in [-0.05, 0) is 97.6 Å². The van der Waals surface area contributed by atoms with E-state index in [0.29, 0.717) is 11.5 Å². The Morgan fingerprint density at radius 2 is 1.03 bits per heavy atom. The van der Waals surface area contributed by atoms with Crippen molar-refractivity contribution in [3.05, 3.63) is 57.6 Å². The fourth-order valence-electron chi connectivity index (χ4n) is 5.62. The Morgan fingerprint density at radius 1 is 0.684 bits per heavy atom. The Bertz CT molecular complexity index is 1060. The lowest BCUT2D eigenvalue weighted by atomic mass is 9.77. The van der Waals surface area contributed by atoms with Crippen molar-refractivity contribution in [2.45, 2.75) is 130 Å². The summed E-state index contributed by atoms with van der Waals surface area (Å²) < 4.78 is 0. The highest BCUT2D eigenvalue weighted by Crippen LogP contribution is 2.36. The fraction of sp³-hybridized carbons (Fsp3) is 0.588. The molecule has 0 heterocycles. The number of benzene rings is 2. The molecule has 2 atom stereocenters. The van der Waals surface area contributed by atoms with E-state index < -0.39 is 0 Å². The summed E-state index contributed by atoms with van der Waals surface area (Å²) in [7, 11) is 0. The summed E-state index contributed by atoms with van der Waals surface area (Å²) in [6.07, 6.45) is 12.2. The summed E-state index contributed by atoms with van der Waals surface area (Å²) in [6, 6.07) is 8.61. The van der Waals surface area contributed by atoms with Crippen molar-refractivity contribution in [1.82, 2.24) is 0 Å². The normalized spacial score (nSPS) is 19.1. The molecular weight excluding hydrogens is 468 g/mol. The van der Waals surface area contributed by atoms with Gasteiger partial charge in [0, 0.05) is 23.6 Å². The molecule has 2 aromatic rings. The second-order valence-electron chi connectivity index (χ2n) is 12.0. The Labute approximate surface area is 231 Å². The van der Waals surface area contributed by atoms with Crippen LogP contribution in [0, 0.1) is 13.8 Å². The average molecular weight is 519 g/mol. The Balaban J connectivity index is 1.91. The van der Waals surface area contributed by atoms with Gasteiger partial charge < -0.3 is 10.2 Å². The van der Waals surface area contributed by atoms with Crippen molar-refractivity contribution in [3.8, 4) is 11.5 Å². The molecule has 0 amide bonds. The van der Waals surface area contributed by atoms with Crippen molar-refractivity contribution in [2.24, 2.45) is 9.98 Å². The minimum Gasteiger partial charge on any atom is -0.507 e. The SMILES string of the molecule is CCC(C)(CC)c1cc(C)c(O)c(C=NC2CCCCC2N=Cc2cc(C(C)(CC)CC)cc(C)c2O)c1. The third-order valence-corrected chi connectivity index (χ3v) is 9.68. The smallest absolute Gasteiger partial charge is 0.127 e. The maximum atomic E-state index is 10.8. The molecule has 0 radical (unpaired) electrons. The van der Waals surface area contributed by atoms with Crippen LogP contribution >= 0.6 is 0 Å². The molecule has 1 aliphatic rings. The minimum absolute atomic E-state index is 0.0649. The van der Waals surface area contributed by atoms with Gasteiger partial charge in [-0.1, -0.05) is 66.5 Å². The van der Waals surface area contributed by atoms with Crippen LogP contribution in [-0.2, 0) is 10.8 Å². The first-order valence-electron chi connectivity index (χ1n) is 14.8. The predicted octanol–water partition coefficient (Wildman–Crippen LogP) is 8.72. The summed E-state index contributed by atoms with van der Waals surface area (Å²) in [4.78, 5) is 9.97. The topological polar surface area (TPSA) is 65.2 Å². The summed E-state index contributed by atoms with van der Waals surface area (Å²) >= 11 is 0. The first-order chi connectivity index (χ1) is 18.0. The van der Waals surface area contributed by atoms with Crippen LogP contribution in [-0.4, -0.2) is 34.7 Å². The number of aryl methyl sites for hydroxylation is 2. The van der Waals surface area contributed by atoms with Gasteiger partial charge in [0.1, 0.15) is 11.5 Å². The van der Waals surface area contributed by atoms with Gasteiger partial charge in [-0.3, -0.25) is 9.98 Å². The van der Waals surface area contributed by atoms with Gasteiger partial charge in [-0.25, -0.2) is 0 Å². The van der Waals surface area contributed by atoms with Gasteiger partial charge in [0.2, 0.25) is 0 Å². The first kappa shape index (κ1) is 29.9. The molecule has 2 aromatic carbocycles. The molecule has 0 aromatic heterocycles. The van der Waals surface area contributed by atoms with Crippen molar-refractivity contribution >= 4 is 12.4 Å². The number of aliphatic imine (C=N–C) groups is 2. The highest BCUT2D eigenvalue weighted by Gasteiger charge is 2.27. The van der Waals surface area contributed by atoms with E-state index in [0.717, 1.165) is 73.6 Å². The molecule has 2 N–H and O–H groups in total. The second-order valence-corrected chi connectivity index (χ2v) is 12.0. The number of aromatic hydroxyl groups is 2. The van der Waals surface area contributed by atoms with Crippen LogP contribution in [0.25, 0.3) is 0 Å². The molecule has 0 bridgehead atoms. The Hall–Kier alpha value is -2.62. The maximum Gasteiger partial charge on any atom is 0.127 e. The quantitative estimate of drug-likeness (QED) is 0.309.